The number of carboxylic acid groups (broad SMARTS) is 1. The largest absolute Gasteiger partial charge is 0.480 e. The summed E-state index contributed by atoms with van der Waals surface area (Å²) in [5, 5.41) is 49.6. The zero-order chi connectivity index (χ0) is 24.1. The van der Waals surface area contributed by atoms with Gasteiger partial charge >= 0.3 is 5.97 Å². The van der Waals surface area contributed by atoms with E-state index in [0.29, 0.717) is 0 Å². The average Bonchev–Trinajstić information content (AvgIpc) is 2.78. The minimum absolute atomic E-state index is 0.538. The number of ether oxygens (including phenoxy) is 8. The number of carbonyl (C=O) groups is 1. The van der Waals surface area contributed by atoms with Crippen molar-refractivity contribution in [2.45, 2.75) is 61.1 Å². The Hall–Kier alpha value is -1.01. The third-order valence-corrected chi connectivity index (χ3v) is 5.51. The lowest BCUT2D eigenvalue weighted by molar-refractivity contribution is -0.448. The van der Waals surface area contributed by atoms with Crippen LogP contribution in [0.15, 0.2) is 0 Å². The molecule has 0 saturated carbocycles. The normalized spacial score (nSPS) is 42.7. The molecule has 10 atom stereocenters. The Morgan fingerprint density at radius 3 is 2.03 bits per heavy atom. The van der Waals surface area contributed by atoms with Crippen molar-refractivity contribution in [3.05, 3.63) is 0 Å². The minimum Gasteiger partial charge on any atom is -0.480 e. The van der Waals surface area contributed by atoms with Crippen molar-refractivity contribution in [3.8, 4) is 0 Å². The highest BCUT2D eigenvalue weighted by Crippen LogP contribution is 2.39. The van der Waals surface area contributed by atoms with E-state index >= 15 is 0 Å². The van der Waals surface area contributed by atoms with Gasteiger partial charge in [0.2, 0.25) is 5.79 Å². The number of aliphatic hydroxyl groups is 4. The van der Waals surface area contributed by atoms with E-state index in [9.17, 15) is 25.2 Å². The highest BCUT2D eigenvalue weighted by atomic mass is 16.8. The second kappa shape index (κ2) is 11.9. The van der Waals surface area contributed by atoms with Crippen LogP contribution in [0.2, 0.25) is 0 Å². The lowest BCUT2D eigenvalue weighted by Crippen LogP contribution is -2.72. The summed E-state index contributed by atoms with van der Waals surface area (Å²) in [7, 11) is 5.00. The third-order valence-electron chi connectivity index (χ3n) is 5.51. The van der Waals surface area contributed by atoms with E-state index in [4.69, 9.17) is 43.0 Å². The van der Waals surface area contributed by atoms with Crippen LogP contribution in [0.3, 0.4) is 0 Å². The van der Waals surface area contributed by atoms with E-state index in [-0.39, 0.29) is 0 Å². The predicted molar refractivity (Wildman–Crippen MR) is 100 cm³/mol. The van der Waals surface area contributed by atoms with Gasteiger partial charge in [-0.25, -0.2) is 4.79 Å². The third kappa shape index (κ3) is 5.22. The summed E-state index contributed by atoms with van der Waals surface area (Å²) in [5.41, 5.74) is 0. The molecular weight excluding hydrogens is 440 g/mol. The molecular formula is C18H32O14. The molecule has 2 heterocycles. The van der Waals surface area contributed by atoms with Crippen LogP contribution < -0.4 is 0 Å². The van der Waals surface area contributed by atoms with Crippen LogP contribution in [0.25, 0.3) is 0 Å². The number of methoxy groups -OCH3 is 4. The molecule has 2 saturated heterocycles. The lowest BCUT2D eigenvalue weighted by Gasteiger charge is -2.53. The molecule has 0 bridgehead atoms. The first-order valence-corrected chi connectivity index (χ1v) is 9.78. The van der Waals surface area contributed by atoms with Crippen molar-refractivity contribution in [1.82, 2.24) is 0 Å². The quantitative estimate of drug-likeness (QED) is 0.187. The summed E-state index contributed by atoms with van der Waals surface area (Å²) in [4.78, 5) is 11.1. The standard InChI is InChI=1S/C18H32O14/c1-25-12-8(5-19)30-17(13(26-2)11(12)23)32-18(28-4)9(6-20)31-16(24)14(27-3)15(18)29-7-10(21)22/h8-9,11-17,19-20,23-24H,5-7H2,1-4H3,(H,21,22). The van der Waals surface area contributed by atoms with Gasteiger partial charge in [-0.3, -0.25) is 0 Å². The number of hydrogen-bond acceptors (Lipinski definition) is 13. The van der Waals surface area contributed by atoms with Crippen LogP contribution in [0.4, 0.5) is 0 Å². The Bertz CT molecular complexity index is 592. The number of carboxylic acids is 1. The zero-order valence-electron chi connectivity index (χ0n) is 18.2. The van der Waals surface area contributed by atoms with Crippen molar-refractivity contribution in [1.29, 1.82) is 0 Å². The zero-order valence-corrected chi connectivity index (χ0v) is 18.2. The first-order valence-electron chi connectivity index (χ1n) is 9.78. The molecule has 2 aliphatic heterocycles. The maximum absolute atomic E-state index is 11.1. The van der Waals surface area contributed by atoms with Gasteiger partial charge < -0.3 is 63.4 Å². The van der Waals surface area contributed by atoms with E-state index < -0.39 is 86.9 Å². The molecule has 10 unspecified atom stereocenters. The van der Waals surface area contributed by atoms with Gasteiger partial charge in [0, 0.05) is 28.4 Å². The van der Waals surface area contributed by atoms with Gasteiger partial charge in [0.05, 0.1) is 13.2 Å². The summed E-state index contributed by atoms with van der Waals surface area (Å²) >= 11 is 0. The molecule has 188 valence electrons. The summed E-state index contributed by atoms with van der Waals surface area (Å²) in [6, 6.07) is 0. The Labute approximate surface area is 184 Å². The monoisotopic (exact) mass is 472 g/mol. The van der Waals surface area contributed by atoms with E-state index in [1.54, 1.807) is 0 Å². The fourth-order valence-corrected chi connectivity index (χ4v) is 3.98. The van der Waals surface area contributed by atoms with Crippen LogP contribution in [-0.2, 0) is 42.7 Å². The van der Waals surface area contributed by atoms with Crippen LogP contribution in [-0.4, -0.2) is 141 Å². The predicted octanol–water partition coefficient (Wildman–Crippen LogP) is -3.35. The smallest absolute Gasteiger partial charge is 0.329 e. The van der Waals surface area contributed by atoms with E-state index in [0.717, 1.165) is 0 Å². The fourth-order valence-electron chi connectivity index (χ4n) is 3.98. The minimum atomic E-state index is -2.09. The van der Waals surface area contributed by atoms with Crippen LogP contribution >= 0.6 is 0 Å². The molecule has 0 spiro atoms. The van der Waals surface area contributed by atoms with Crippen molar-refractivity contribution >= 4 is 5.97 Å². The summed E-state index contributed by atoms with van der Waals surface area (Å²) < 4.78 is 43.8. The maximum atomic E-state index is 11.1. The average molecular weight is 472 g/mol. The summed E-state index contributed by atoms with van der Waals surface area (Å²) in [5.74, 6) is -3.42. The van der Waals surface area contributed by atoms with E-state index in [1.807, 2.05) is 0 Å². The Morgan fingerprint density at radius 2 is 1.56 bits per heavy atom. The molecule has 0 aromatic heterocycles. The van der Waals surface area contributed by atoms with Gasteiger partial charge in [0.25, 0.3) is 0 Å². The first-order chi connectivity index (χ1) is 15.2. The number of aliphatic hydroxyl groups excluding tert-OH is 4. The van der Waals surface area contributed by atoms with E-state index in [1.165, 1.54) is 28.4 Å². The molecule has 0 radical (unpaired) electrons. The molecule has 14 heteroatoms. The molecule has 5 N–H and O–H groups in total. The van der Waals surface area contributed by atoms with E-state index in [2.05, 4.69) is 0 Å². The fraction of sp³-hybridized carbons (Fsp3) is 0.944. The Kier molecular flexibility index (Phi) is 10.1. The topological polar surface area (TPSA) is 192 Å². The van der Waals surface area contributed by atoms with Crippen molar-refractivity contribution in [2.75, 3.05) is 48.3 Å². The summed E-state index contributed by atoms with van der Waals surface area (Å²) in [6.45, 7) is -2.10. The molecule has 32 heavy (non-hydrogen) atoms. The molecule has 0 aliphatic carbocycles. The number of aliphatic carboxylic acids is 1. The molecule has 2 fully saturated rings. The summed E-state index contributed by atoms with van der Waals surface area (Å²) in [6.07, 6.45) is -11.7. The highest BCUT2D eigenvalue weighted by molar-refractivity contribution is 5.68. The van der Waals surface area contributed by atoms with Crippen molar-refractivity contribution in [2.24, 2.45) is 0 Å². The van der Waals surface area contributed by atoms with Gasteiger partial charge in [-0.1, -0.05) is 0 Å². The van der Waals surface area contributed by atoms with Crippen molar-refractivity contribution < 1.29 is 68.2 Å². The lowest BCUT2D eigenvalue weighted by atomic mass is 9.93. The number of hydrogen-bond donors (Lipinski definition) is 5. The molecule has 0 aromatic carbocycles. The molecule has 2 rings (SSSR count). The maximum Gasteiger partial charge on any atom is 0.329 e. The van der Waals surface area contributed by atoms with Gasteiger partial charge in [0.1, 0.15) is 49.3 Å². The second-order valence-corrected chi connectivity index (χ2v) is 7.18. The van der Waals surface area contributed by atoms with Crippen LogP contribution in [0.1, 0.15) is 0 Å². The Balaban J connectivity index is 2.47. The van der Waals surface area contributed by atoms with Crippen LogP contribution in [0.5, 0.6) is 0 Å². The van der Waals surface area contributed by atoms with Crippen LogP contribution in [0, 0.1) is 0 Å². The highest BCUT2D eigenvalue weighted by Gasteiger charge is 2.62. The number of rotatable bonds is 11. The molecule has 0 aromatic rings. The van der Waals surface area contributed by atoms with Crippen molar-refractivity contribution in [3.63, 3.8) is 0 Å². The molecule has 0 amide bonds. The Morgan fingerprint density at radius 1 is 0.938 bits per heavy atom. The van der Waals surface area contributed by atoms with Gasteiger partial charge in [-0.2, -0.15) is 0 Å². The van der Waals surface area contributed by atoms with Gasteiger partial charge in [-0.05, 0) is 0 Å². The van der Waals surface area contributed by atoms with Gasteiger partial charge in [0.15, 0.2) is 12.6 Å². The SMILES string of the molecule is COC1C(CO)OC(OC2(OC)C(CO)OC(O)C(OC)C2OCC(=O)O)C(OC)C1O. The molecule has 2 aliphatic rings. The van der Waals surface area contributed by atoms with Gasteiger partial charge in [-0.15, -0.1) is 0 Å². The second-order valence-electron chi connectivity index (χ2n) is 7.18. The molecule has 14 nitrogen and oxygen atoms in total. The first kappa shape index (κ1) is 27.2.